The summed E-state index contributed by atoms with van der Waals surface area (Å²) in [6.45, 7) is 5.43. The van der Waals surface area contributed by atoms with E-state index in [0.29, 0.717) is 24.9 Å². The van der Waals surface area contributed by atoms with Gasteiger partial charge in [0.2, 0.25) is 5.76 Å². The van der Waals surface area contributed by atoms with E-state index in [1.54, 1.807) is 12.3 Å². The SMILES string of the molecule is CC(C)c1cc(C(=O)N2CCC(Nc3cccnn3)CC2)on1. The van der Waals surface area contributed by atoms with Gasteiger partial charge in [0, 0.05) is 31.4 Å². The molecule has 7 nitrogen and oxygen atoms in total. The van der Waals surface area contributed by atoms with Crippen LogP contribution in [0.1, 0.15) is 48.9 Å². The number of carbonyl (C=O) groups excluding carboxylic acids is 1. The molecule has 0 radical (unpaired) electrons. The van der Waals surface area contributed by atoms with Crippen LogP contribution in [-0.4, -0.2) is 45.3 Å². The van der Waals surface area contributed by atoms with Gasteiger partial charge in [-0.3, -0.25) is 4.79 Å². The van der Waals surface area contributed by atoms with Gasteiger partial charge >= 0.3 is 0 Å². The average molecular weight is 315 g/mol. The Morgan fingerprint density at radius 2 is 2.17 bits per heavy atom. The first-order chi connectivity index (χ1) is 11.1. The highest BCUT2D eigenvalue weighted by Crippen LogP contribution is 2.19. The fraction of sp³-hybridized carbons (Fsp3) is 0.500. The third-order valence-electron chi connectivity index (χ3n) is 4.04. The number of carbonyl (C=O) groups is 1. The molecule has 1 aliphatic rings. The fourth-order valence-corrected chi connectivity index (χ4v) is 2.63. The lowest BCUT2D eigenvalue weighted by atomic mass is 10.0. The summed E-state index contributed by atoms with van der Waals surface area (Å²) in [6.07, 6.45) is 3.39. The minimum Gasteiger partial charge on any atom is -0.366 e. The first-order valence-corrected chi connectivity index (χ1v) is 7.93. The van der Waals surface area contributed by atoms with Gasteiger partial charge in [0.25, 0.3) is 5.91 Å². The number of likely N-dealkylation sites (tertiary alicyclic amines) is 1. The predicted octanol–water partition coefficient (Wildman–Crippen LogP) is 2.30. The van der Waals surface area contributed by atoms with Crippen molar-refractivity contribution in [1.29, 1.82) is 0 Å². The van der Waals surface area contributed by atoms with Gasteiger partial charge in [0.15, 0.2) is 0 Å². The zero-order chi connectivity index (χ0) is 16.2. The van der Waals surface area contributed by atoms with Crippen molar-refractivity contribution in [3.8, 4) is 0 Å². The number of nitrogens with one attached hydrogen (secondary N) is 1. The van der Waals surface area contributed by atoms with E-state index >= 15 is 0 Å². The first kappa shape index (κ1) is 15.5. The van der Waals surface area contributed by atoms with Crippen LogP contribution < -0.4 is 5.32 Å². The van der Waals surface area contributed by atoms with Crippen molar-refractivity contribution in [3.63, 3.8) is 0 Å². The molecule has 0 spiro atoms. The van der Waals surface area contributed by atoms with Crippen LogP contribution in [0.3, 0.4) is 0 Å². The monoisotopic (exact) mass is 315 g/mol. The number of rotatable bonds is 4. The highest BCUT2D eigenvalue weighted by Gasteiger charge is 2.26. The molecule has 0 unspecified atom stereocenters. The number of piperidine rings is 1. The van der Waals surface area contributed by atoms with Crippen molar-refractivity contribution in [2.24, 2.45) is 0 Å². The summed E-state index contributed by atoms with van der Waals surface area (Å²) in [5, 5.41) is 15.2. The predicted molar refractivity (Wildman–Crippen MR) is 85.2 cm³/mol. The van der Waals surface area contributed by atoms with E-state index in [2.05, 4.69) is 20.7 Å². The second kappa shape index (κ2) is 6.76. The van der Waals surface area contributed by atoms with Crippen molar-refractivity contribution in [2.45, 2.75) is 38.6 Å². The summed E-state index contributed by atoms with van der Waals surface area (Å²) in [6, 6.07) is 5.80. The maximum atomic E-state index is 12.5. The lowest BCUT2D eigenvalue weighted by Gasteiger charge is -2.31. The number of anilines is 1. The van der Waals surface area contributed by atoms with Crippen LogP contribution in [0.15, 0.2) is 28.9 Å². The number of amides is 1. The molecular formula is C16H21N5O2. The summed E-state index contributed by atoms with van der Waals surface area (Å²) in [4.78, 5) is 14.3. The molecule has 1 N–H and O–H groups in total. The molecule has 23 heavy (non-hydrogen) atoms. The summed E-state index contributed by atoms with van der Waals surface area (Å²) in [7, 11) is 0. The molecule has 0 saturated carbocycles. The first-order valence-electron chi connectivity index (χ1n) is 7.93. The summed E-state index contributed by atoms with van der Waals surface area (Å²) in [5.41, 5.74) is 0.813. The highest BCUT2D eigenvalue weighted by molar-refractivity contribution is 5.91. The molecule has 1 fully saturated rings. The molecule has 0 aromatic carbocycles. The maximum absolute atomic E-state index is 12.5. The third kappa shape index (κ3) is 3.67. The molecule has 0 bridgehead atoms. The van der Waals surface area contributed by atoms with Gasteiger partial charge in [-0.05, 0) is 30.9 Å². The summed E-state index contributed by atoms with van der Waals surface area (Å²) >= 11 is 0. The Labute approximate surface area is 135 Å². The molecule has 7 heteroatoms. The fourth-order valence-electron chi connectivity index (χ4n) is 2.63. The smallest absolute Gasteiger partial charge is 0.292 e. The maximum Gasteiger partial charge on any atom is 0.292 e. The van der Waals surface area contributed by atoms with E-state index in [0.717, 1.165) is 24.4 Å². The van der Waals surface area contributed by atoms with Crippen LogP contribution in [0.25, 0.3) is 0 Å². The lowest BCUT2D eigenvalue weighted by Crippen LogP contribution is -2.42. The van der Waals surface area contributed by atoms with Crippen molar-refractivity contribution in [1.82, 2.24) is 20.3 Å². The van der Waals surface area contributed by atoms with Crippen LogP contribution >= 0.6 is 0 Å². The quantitative estimate of drug-likeness (QED) is 0.932. The van der Waals surface area contributed by atoms with Gasteiger partial charge in [-0.15, -0.1) is 5.10 Å². The number of hydrogen-bond donors (Lipinski definition) is 1. The minimum atomic E-state index is -0.0812. The van der Waals surface area contributed by atoms with Gasteiger partial charge in [0.05, 0.1) is 5.69 Å². The van der Waals surface area contributed by atoms with E-state index in [9.17, 15) is 4.79 Å². The van der Waals surface area contributed by atoms with E-state index in [1.165, 1.54) is 0 Å². The zero-order valence-electron chi connectivity index (χ0n) is 13.4. The molecular weight excluding hydrogens is 294 g/mol. The van der Waals surface area contributed by atoms with E-state index in [1.807, 2.05) is 30.9 Å². The van der Waals surface area contributed by atoms with Gasteiger partial charge in [-0.25, -0.2) is 0 Å². The number of nitrogens with zero attached hydrogens (tertiary/aromatic N) is 4. The van der Waals surface area contributed by atoms with E-state index < -0.39 is 0 Å². The molecule has 1 saturated heterocycles. The molecule has 122 valence electrons. The summed E-state index contributed by atoms with van der Waals surface area (Å²) < 4.78 is 5.19. The zero-order valence-corrected chi connectivity index (χ0v) is 13.4. The topological polar surface area (TPSA) is 84.2 Å². The Kier molecular flexibility index (Phi) is 4.55. The van der Waals surface area contributed by atoms with Crippen LogP contribution in [0, 0.1) is 0 Å². The number of aromatic nitrogens is 3. The highest BCUT2D eigenvalue weighted by atomic mass is 16.5. The Balaban J connectivity index is 1.54. The molecule has 1 aliphatic heterocycles. The lowest BCUT2D eigenvalue weighted by molar-refractivity contribution is 0.0676. The van der Waals surface area contributed by atoms with Crippen LogP contribution in [0.2, 0.25) is 0 Å². The van der Waals surface area contributed by atoms with Gasteiger partial charge in [0.1, 0.15) is 5.82 Å². The molecule has 1 amide bonds. The second-order valence-electron chi connectivity index (χ2n) is 6.09. The van der Waals surface area contributed by atoms with E-state index in [4.69, 9.17) is 4.52 Å². The van der Waals surface area contributed by atoms with Gasteiger partial charge < -0.3 is 14.7 Å². The normalized spacial score (nSPS) is 15.9. The second-order valence-corrected chi connectivity index (χ2v) is 6.09. The van der Waals surface area contributed by atoms with Gasteiger partial charge in [-0.1, -0.05) is 19.0 Å². The van der Waals surface area contributed by atoms with Crippen molar-refractivity contribution in [3.05, 3.63) is 35.9 Å². The molecule has 3 rings (SSSR count). The Hall–Kier alpha value is -2.44. The van der Waals surface area contributed by atoms with Crippen molar-refractivity contribution >= 4 is 11.7 Å². The Bertz CT molecular complexity index is 648. The number of hydrogen-bond acceptors (Lipinski definition) is 6. The molecule has 0 atom stereocenters. The van der Waals surface area contributed by atoms with Crippen LogP contribution in [0.5, 0.6) is 0 Å². The third-order valence-corrected chi connectivity index (χ3v) is 4.04. The summed E-state index contributed by atoms with van der Waals surface area (Å²) in [5.74, 6) is 1.27. The molecule has 3 heterocycles. The minimum absolute atomic E-state index is 0.0812. The molecule has 0 aliphatic carbocycles. The van der Waals surface area contributed by atoms with Crippen LogP contribution in [0.4, 0.5) is 5.82 Å². The van der Waals surface area contributed by atoms with Gasteiger partial charge in [-0.2, -0.15) is 5.10 Å². The van der Waals surface area contributed by atoms with Crippen molar-refractivity contribution < 1.29 is 9.32 Å². The largest absolute Gasteiger partial charge is 0.366 e. The molecule has 2 aromatic rings. The van der Waals surface area contributed by atoms with Crippen molar-refractivity contribution in [2.75, 3.05) is 18.4 Å². The van der Waals surface area contributed by atoms with Crippen LogP contribution in [-0.2, 0) is 0 Å². The molecule has 2 aromatic heterocycles. The van der Waals surface area contributed by atoms with E-state index in [-0.39, 0.29) is 11.8 Å². The Morgan fingerprint density at radius 1 is 1.39 bits per heavy atom. The average Bonchev–Trinajstić information content (AvgIpc) is 3.06. The standard InChI is InChI=1S/C16H21N5O2/c1-11(2)13-10-14(23-20-13)16(22)21-8-5-12(6-9-21)18-15-4-3-7-17-19-15/h3-4,7,10-12H,5-6,8-9H2,1-2H3,(H,18,19). The Morgan fingerprint density at radius 3 is 2.78 bits per heavy atom.